The van der Waals surface area contributed by atoms with Crippen LogP contribution in [0.25, 0.3) is 11.0 Å². The molecule has 0 aliphatic carbocycles. The van der Waals surface area contributed by atoms with Crippen molar-refractivity contribution >= 4 is 16.8 Å². The van der Waals surface area contributed by atoms with Crippen LogP contribution in [0.5, 0.6) is 5.75 Å². The van der Waals surface area contributed by atoms with E-state index >= 15 is 0 Å². The number of furan rings is 1. The van der Waals surface area contributed by atoms with Crippen LogP contribution in [0.1, 0.15) is 12.5 Å². The number of hydrogen-bond donors (Lipinski definition) is 0. The summed E-state index contributed by atoms with van der Waals surface area (Å²) >= 11 is 0. The summed E-state index contributed by atoms with van der Waals surface area (Å²) in [5.74, 6) is 0.796. The monoisotopic (exact) mass is 204 g/mol. The molecule has 78 valence electrons. The number of rotatable bonds is 3. The molecule has 1 heterocycles. The first-order valence-electron chi connectivity index (χ1n) is 4.75. The molecule has 0 spiro atoms. The molecule has 0 saturated heterocycles. The van der Waals surface area contributed by atoms with E-state index in [1.54, 1.807) is 20.3 Å². The fourth-order valence-electron chi connectivity index (χ4n) is 1.68. The molecule has 1 aromatic carbocycles. The van der Waals surface area contributed by atoms with Crippen molar-refractivity contribution in [3.63, 3.8) is 0 Å². The van der Waals surface area contributed by atoms with E-state index in [4.69, 9.17) is 9.15 Å². The molecule has 0 unspecified atom stereocenters. The number of carbonyl (C=O) groups is 1. The highest BCUT2D eigenvalue weighted by Crippen LogP contribution is 2.29. The standard InChI is InChI=1S/C12H12O3/c1-8(13)7-10-11(14-2)4-3-9-5-6-15-12(9)10/h3-6H,7H2,1-2H3. The summed E-state index contributed by atoms with van der Waals surface area (Å²) < 4.78 is 10.6. The van der Waals surface area contributed by atoms with Crippen LogP contribution in [0.3, 0.4) is 0 Å². The zero-order valence-electron chi connectivity index (χ0n) is 8.74. The summed E-state index contributed by atoms with van der Waals surface area (Å²) in [6, 6.07) is 5.65. The van der Waals surface area contributed by atoms with Crippen molar-refractivity contribution in [2.75, 3.05) is 7.11 Å². The van der Waals surface area contributed by atoms with Crippen molar-refractivity contribution in [1.29, 1.82) is 0 Å². The van der Waals surface area contributed by atoms with E-state index in [1.165, 1.54) is 0 Å². The molecule has 0 N–H and O–H groups in total. The van der Waals surface area contributed by atoms with E-state index < -0.39 is 0 Å². The average molecular weight is 204 g/mol. The second kappa shape index (κ2) is 3.77. The zero-order valence-corrected chi connectivity index (χ0v) is 8.74. The van der Waals surface area contributed by atoms with Gasteiger partial charge in [0.2, 0.25) is 0 Å². The van der Waals surface area contributed by atoms with Crippen LogP contribution >= 0.6 is 0 Å². The van der Waals surface area contributed by atoms with Gasteiger partial charge in [-0.1, -0.05) is 0 Å². The van der Waals surface area contributed by atoms with Crippen molar-refractivity contribution in [3.8, 4) is 5.75 Å². The van der Waals surface area contributed by atoms with Gasteiger partial charge in [-0.05, 0) is 25.1 Å². The Kier molecular flexibility index (Phi) is 2.46. The van der Waals surface area contributed by atoms with Crippen LogP contribution in [-0.4, -0.2) is 12.9 Å². The molecule has 15 heavy (non-hydrogen) atoms. The summed E-state index contributed by atoms with van der Waals surface area (Å²) in [6.07, 6.45) is 1.96. The molecule has 0 aliphatic rings. The van der Waals surface area contributed by atoms with Crippen LogP contribution in [0.4, 0.5) is 0 Å². The number of methoxy groups -OCH3 is 1. The molecule has 0 fully saturated rings. The van der Waals surface area contributed by atoms with Crippen LogP contribution < -0.4 is 4.74 Å². The predicted molar refractivity (Wildman–Crippen MR) is 57.2 cm³/mol. The molecule has 0 radical (unpaired) electrons. The van der Waals surface area contributed by atoms with E-state index in [-0.39, 0.29) is 5.78 Å². The van der Waals surface area contributed by atoms with Crippen LogP contribution in [0.2, 0.25) is 0 Å². The topological polar surface area (TPSA) is 39.4 Å². The first kappa shape index (κ1) is 9.77. The molecule has 2 aromatic rings. The lowest BCUT2D eigenvalue weighted by Gasteiger charge is -2.06. The van der Waals surface area contributed by atoms with Crippen molar-refractivity contribution in [1.82, 2.24) is 0 Å². The van der Waals surface area contributed by atoms with E-state index in [2.05, 4.69) is 0 Å². The number of carbonyl (C=O) groups excluding carboxylic acids is 1. The van der Waals surface area contributed by atoms with Crippen molar-refractivity contribution < 1.29 is 13.9 Å². The van der Waals surface area contributed by atoms with Gasteiger partial charge in [-0.25, -0.2) is 0 Å². The fraction of sp³-hybridized carbons (Fsp3) is 0.250. The highest BCUT2D eigenvalue weighted by molar-refractivity contribution is 5.88. The first-order chi connectivity index (χ1) is 7.22. The number of ketones is 1. The van der Waals surface area contributed by atoms with Crippen molar-refractivity contribution in [2.45, 2.75) is 13.3 Å². The maximum absolute atomic E-state index is 11.1. The van der Waals surface area contributed by atoms with Crippen LogP contribution in [0.15, 0.2) is 28.9 Å². The lowest BCUT2D eigenvalue weighted by Crippen LogP contribution is -1.99. The average Bonchev–Trinajstić information content (AvgIpc) is 2.65. The van der Waals surface area contributed by atoms with Gasteiger partial charge < -0.3 is 9.15 Å². The van der Waals surface area contributed by atoms with Gasteiger partial charge in [0, 0.05) is 17.4 Å². The highest BCUT2D eigenvalue weighted by atomic mass is 16.5. The number of ether oxygens (including phenoxy) is 1. The molecule has 0 aliphatic heterocycles. The van der Waals surface area contributed by atoms with Crippen molar-refractivity contribution in [3.05, 3.63) is 30.0 Å². The normalized spacial score (nSPS) is 10.5. The second-order valence-corrected chi connectivity index (χ2v) is 3.46. The maximum atomic E-state index is 11.1. The first-order valence-corrected chi connectivity index (χ1v) is 4.75. The minimum Gasteiger partial charge on any atom is -0.496 e. The molecule has 3 heteroatoms. The molecule has 0 atom stereocenters. The maximum Gasteiger partial charge on any atom is 0.141 e. The summed E-state index contributed by atoms with van der Waals surface area (Å²) in [5.41, 5.74) is 1.57. The Morgan fingerprint density at radius 3 is 2.87 bits per heavy atom. The Balaban J connectivity index is 2.62. The van der Waals surface area contributed by atoms with E-state index in [0.717, 1.165) is 16.5 Å². The SMILES string of the molecule is COc1ccc2ccoc2c1CC(C)=O. The molecule has 3 nitrogen and oxygen atoms in total. The van der Waals surface area contributed by atoms with Gasteiger partial charge in [-0.2, -0.15) is 0 Å². The fourth-order valence-corrected chi connectivity index (χ4v) is 1.68. The van der Waals surface area contributed by atoms with Gasteiger partial charge in [0.25, 0.3) is 0 Å². The van der Waals surface area contributed by atoms with Crippen LogP contribution in [-0.2, 0) is 11.2 Å². The predicted octanol–water partition coefficient (Wildman–Crippen LogP) is 2.57. The number of fused-ring (bicyclic) bond motifs is 1. The second-order valence-electron chi connectivity index (χ2n) is 3.46. The number of hydrogen-bond acceptors (Lipinski definition) is 3. The molecule has 0 saturated carbocycles. The quantitative estimate of drug-likeness (QED) is 0.771. The number of Topliss-reactive ketones (excluding diaryl/α,β-unsaturated/α-hetero) is 1. The minimum atomic E-state index is 0.0946. The number of benzene rings is 1. The summed E-state index contributed by atoms with van der Waals surface area (Å²) in [5, 5.41) is 0.993. The molecule has 0 bridgehead atoms. The van der Waals surface area contributed by atoms with E-state index in [0.29, 0.717) is 12.2 Å². The van der Waals surface area contributed by atoms with Gasteiger partial charge in [-0.3, -0.25) is 4.79 Å². The van der Waals surface area contributed by atoms with Gasteiger partial charge >= 0.3 is 0 Å². The van der Waals surface area contributed by atoms with Gasteiger partial charge in [-0.15, -0.1) is 0 Å². The Morgan fingerprint density at radius 1 is 1.40 bits per heavy atom. The smallest absolute Gasteiger partial charge is 0.141 e. The lowest BCUT2D eigenvalue weighted by atomic mass is 10.1. The van der Waals surface area contributed by atoms with Gasteiger partial charge in [0.15, 0.2) is 0 Å². The third-order valence-corrected chi connectivity index (χ3v) is 2.33. The molecule has 1 aromatic heterocycles. The largest absolute Gasteiger partial charge is 0.496 e. The summed E-state index contributed by atoms with van der Waals surface area (Å²) in [4.78, 5) is 11.1. The summed E-state index contributed by atoms with van der Waals surface area (Å²) in [6.45, 7) is 1.56. The minimum absolute atomic E-state index is 0.0946. The third kappa shape index (κ3) is 1.73. The Bertz CT molecular complexity index is 497. The van der Waals surface area contributed by atoms with Gasteiger partial charge in [0.1, 0.15) is 17.1 Å². The molecule has 2 rings (SSSR count). The van der Waals surface area contributed by atoms with E-state index in [1.807, 2.05) is 18.2 Å². The molecule has 0 amide bonds. The Labute approximate surface area is 87.6 Å². The highest BCUT2D eigenvalue weighted by Gasteiger charge is 2.12. The zero-order chi connectivity index (χ0) is 10.8. The van der Waals surface area contributed by atoms with Gasteiger partial charge in [0.05, 0.1) is 13.4 Å². The molecular weight excluding hydrogens is 192 g/mol. The van der Waals surface area contributed by atoms with Crippen LogP contribution in [0, 0.1) is 0 Å². The lowest BCUT2D eigenvalue weighted by molar-refractivity contribution is -0.116. The van der Waals surface area contributed by atoms with E-state index in [9.17, 15) is 4.79 Å². The Morgan fingerprint density at radius 2 is 2.20 bits per heavy atom. The van der Waals surface area contributed by atoms with Crippen molar-refractivity contribution in [2.24, 2.45) is 0 Å². The summed E-state index contributed by atoms with van der Waals surface area (Å²) in [7, 11) is 1.59. The third-order valence-electron chi connectivity index (χ3n) is 2.33. The Hall–Kier alpha value is -1.77. The molecular formula is C12H12O3.